The molecule has 1 aromatic carbocycles. The number of carbonyl (C=O) groups is 2. The summed E-state index contributed by atoms with van der Waals surface area (Å²) in [6.45, 7) is 6.64. The smallest absolute Gasteiger partial charge is 0.251 e. The van der Waals surface area contributed by atoms with Crippen LogP contribution in [0.1, 0.15) is 35.7 Å². The highest BCUT2D eigenvalue weighted by molar-refractivity contribution is 5.96. The number of hydrogen-bond donors (Lipinski definition) is 1. The number of ether oxygens (including phenoxy) is 1. The number of nitrogens with one attached hydrogen (secondary N) is 1. The molecule has 30 heavy (non-hydrogen) atoms. The van der Waals surface area contributed by atoms with Crippen LogP contribution < -0.4 is 10.1 Å². The maximum Gasteiger partial charge on any atom is 0.251 e. The molecule has 2 aromatic rings. The summed E-state index contributed by atoms with van der Waals surface area (Å²) in [5.74, 6) is 0.451. The number of nitrogens with zero attached hydrogens (tertiary/aromatic N) is 3. The molecular formula is C23H30N4O3. The maximum absolute atomic E-state index is 12.5. The lowest BCUT2D eigenvalue weighted by Gasteiger charge is -2.34. The molecule has 7 nitrogen and oxygen atoms in total. The molecule has 1 aromatic heterocycles. The fourth-order valence-electron chi connectivity index (χ4n) is 3.31. The van der Waals surface area contributed by atoms with Crippen LogP contribution in [0.4, 0.5) is 0 Å². The molecule has 0 aliphatic carbocycles. The number of piperazine rings is 1. The van der Waals surface area contributed by atoms with Crippen molar-refractivity contribution in [1.29, 1.82) is 0 Å². The van der Waals surface area contributed by atoms with Crippen LogP contribution in [0.25, 0.3) is 0 Å². The largest absolute Gasteiger partial charge is 0.494 e. The van der Waals surface area contributed by atoms with E-state index in [1.54, 1.807) is 36.7 Å². The summed E-state index contributed by atoms with van der Waals surface area (Å²) in [5.41, 5.74) is 1.74. The van der Waals surface area contributed by atoms with Gasteiger partial charge in [0.25, 0.3) is 5.91 Å². The van der Waals surface area contributed by atoms with Crippen molar-refractivity contribution in [2.75, 3.05) is 39.3 Å². The molecule has 160 valence electrons. The summed E-state index contributed by atoms with van der Waals surface area (Å²) in [6, 6.07) is 11.0. The summed E-state index contributed by atoms with van der Waals surface area (Å²) < 4.78 is 5.61. The topological polar surface area (TPSA) is 74.8 Å². The Kier molecular flexibility index (Phi) is 8.20. The van der Waals surface area contributed by atoms with Crippen molar-refractivity contribution in [3.05, 3.63) is 59.9 Å². The molecule has 1 saturated heterocycles. The van der Waals surface area contributed by atoms with E-state index in [0.29, 0.717) is 25.3 Å². The van der Waals surface area contributed by atoms with Crippen LogP contribution in [-0.4, -0.2) is 65.9 Å². The summed E-state index contributed by atoms with van der Waals surface area (Å²) >= 11 is 0. The van der Waals surface area contributed by atoms with Crippen molar-refractivity contribution in [2.45, 2.75) is 26.3 Å². The molecule has 0 saturated carbocycles. The molecular weight excluding hydrogens is 380 g/mol. The summed E-state index contributed by atoms with van der Waals surface area (Å²) in [7, 11) is 0. The van der Waals surface area contributed by atoms with Crippen LogP contribution in [0.3, 0.4) is 0 Å². The van der Waals surface area contributed by atoms with Gasteiger partial charge in [-0.3, -0.25) is 19.5 Å². The van der Waals surface area contributed by atoms with E-state index in [0.717, 1.165) is 38.2 Å². The predicted molar refractivity (Wildman–Crippen MR) is 115 cm³/mol. The standard InChI is InChI=1S/C23H30N4O3/c1-2-3-16-30-21-6-4-20(5-7-21)23(29)25-17-22(28)27-14-12-26(13-15-27)18-19-8-10-24-11-9-19/h4-11H,2-3,12-18H2,1H3,(H,25,29). The van der Waals surface area contributed by atoms with Crippen LogP contribution >= 0.6 is 0 Å². The lowest BCUT2D eigenvalue weighted by atomic mass is 10.2. The number of hydrogen-bond acceptors (Lipinski definition) is 5. The van der Waals surface area contributed by atoms with Gasteiger partial charge in [0.2, 0.25) is 5.91 Å². The van der Waals surface area contributed by atoms with E-state index in [-0.39, 0.29) is 18.4 Å². The Labute approximate surface area is 178 Å². The molecule has 1 aliphatic rings. The number of unbranched alkanes of at least 4 members (excludes halogenated alkanes) is 1. The quantitative estimate of drug-likeness (QED) is 0.643. The van der Waals surface area contributed by atoms with Gasteiger partial charge in [0.1, 0.15) is 5.75 Å². The van der Waals surface area contributed by atoms with Crippen LogP contribution in [0.2, 0.25) is 0 Å². The Morgan fingerprint density at radius 2 is 1.73 bits per heavy atom. The first-order valence-electron chi connectivity index (χ1n) is 10.6. The van der Waals surface area contributed by atoms with Crippen molar-refractivity contribution in [3.63, 3.8) is 0 Å². The molecule has 0 spiro atoms. The average molecular weight is 411 g/mol. The highest BCUT2D eigenvalue weighted by Crippen LogP contribution is 2.13. The summed E-state index contributed by atoms with van der Waals surface area (Å²) in [4.78, 5) is 33.0. The van der Waals surface area contributed by atoms with Crippen molar-refractivity contribution in [2.24, 2.45) is 0 Å². The fourth-order valence-corrected chi connectivity index (χ4v) is 3.31. The van der Waals surface area contributed by atoms with E-state index in [9.17, 15) is 9.59 Å². The molecule has 2 heterocycles. The molecule has 0 atom stereocenters. The Hall–Kier alpha value is -2.93. The fraction of sp³-hybridized carbons (Fsp3) is 0.435. The minimum atomic E-state index is -0.250. The van der Waals surface area contributed by atoms with E-state index in [4.69, 9.17) is 4.74 Å². The van der Waals surface area contributed by atoms with Gasteiger partial charge in [0.05, 0.1) is 13.2 Å². The van der Waals surface area contributed by atoms with Crippen molar-refractivity contribution < 1.29 is 14.3 Å². The van der Waals surface area contributed by atoms with Crippen molar-refractivity contribution in [3.8, 4) is 5.75 Å². The predicted octanol–water partition coefficient (Wildman–Crippen LogP) is 2.33. The number of aromatic nitrogens is 1. The summed E-state index contributed by atoms with van der Waals surface area (Å²) in [6.07, 6.45) is 5.67. The Balaban J connectivity index is 1.38. The first-order valence-corrected chi connectivity index (χ1v) is 10.6. The van der Waals surface area contributed by atoms with E-state index in [1.165, 1.54) is 5.56 Å². The Bertz CT molecular complexity index is 803. The van der Waals surface area contributed by atoms with Gasteiger partial charge in [-0.1, -0.05) is 13.3 Å². The third kappa shape index (κ3) is 6.56. The van der Waals surface area contributed by atoms with Gasteiger partial charge in [0.15, 0.2) is 0 Å². The van der Waals surface area contributed by atoms with E-state index in [1.807, 2.05) is 17.0 Å². The third-order valence-corrected chi connectivity index (χ3v) is 5.16. The summed E-state index contributed by atoms with van der Waals surface area (Å²) in [5, 5.41) is 2.73. The zero-order valence-electron chi connectivity index (χ0n) is 17.5. The first kappa shape index (κ1) is 21.8. The van der Waals surface area contributed by atoms with Crippen LogP contribution in [0, 0.1) is 0 Å². The average Bonchev–Trinajstić information content (AvgIpc) is 2.79. The lowest BCUT2D eigenvalue weighted by molar-refractivity contribution is -0.131. The van der Waals surface area contributed by atoms with Gasteiger partial charge in [0, 0.05) is 50.7 Å². The Morgan fingerprint density at radius 3 is 2.40 bits per heavy atom. The molecule has 1 N–H and O–H groups in total. The van der Waals surface area contributed by atoms with Gasteiger partial charge in [-0.2, -0.15) is 0 Å². The number of pyridine rings is 1. The molecule has 3 rings (SSSR count). The molecule has 1 fully saturated rings. The second-order valence-corrected chi connectivity index (χ2v) is 7.42. The third-order valence-electron chi connectivity index (χ3n) is 5.16. The Morgan fingerprint density at radius 1 is 1.03 bits per heavy atom. The second-order valence-electron chi connectivity index (χ2n) is 7.42. The lowest BCUT2D eigenvalue weighted by Crippen LogP contribution is -2.50. The van der Waals surface area contributed by atoms with Gasteiger partial charge in [-0.15, -0.1) is 0 Å². The number of rotatable bonds is 9. The monoisotopic (exact) mass is 410 g/mol. The van der Waals surface area contributed by atoms with Crippen LogP contribution in [0.15, 0.2) is 48.8 Å². The van der Waals surface area contributed by atoms with Crippen LogP contribution in [0.5, 0.6) is 5.75 Å². The maximum atomic E-state index is 12.5. The molecule has 2 amide bonds. The normalized spacial score (nSPS) is 14.4. The van der Waals surface area contributed by atoms with E-state index >= 15 is 0 Å². The van der Waals surface area contributed by atoms with Gasteiger partial charge in [-0.05, 0) is 48.4 Å². The van der Waals surface area contributed by atoms with Gasteiger partial charge >= 0.3 is 0 Å². The number of carbonyl (C=O) groups excluding carboxylic acids is 2. The minimum Gasteiger partial charge on any atom is -0.494 e. The zero-order chi connectivity index (χ0) is 21.2. The first-order chi connectivity index (χ1) is 14.7. The van der Waals surface area contributed by atoms with Crippen molar-refractivity contribution in [1.82, 2.24) is 20.1 Å². The second kappa shape index (κ2) is 11.3. The number of amides is 2. The molecule has 0 unspecified atom stereocenters. The molecule has 0 radical (unpaired) electrons. The van der Waals surface area contributed by atoms with E-state index in [2.05, 4.69) is 22.1 Å². The zero-order valence-corrected chi connectivity index (χ0v) is 17.5. The van der Waals surface area contributed by atoms with E-state index < -0.39 is 0 Å². The minimum absolute atomic E-state index is 0.0118. The molecule has 7 heteroatoms. The number of benzene rings is 1. The van der Waals surface area contributed by atoms with Gasteiger partial charge in [-0.25, -0.2) is 0 Å². The molecule has 0 bridgehead atoms. The molecule has 1 aliphatic heterocycles. The van der Waals surface area contributed by atoms with Gasteiger partial charge < -0.3 is 15.0 Å². The van der Waals surface area contributed by atoms with Crippen molar-refractivity contribution >= 4 is 11.8 Å². The highest BCUT2D eigenvalue weighted by atomic mass is 16.5. The highest BCUT2D eigenvalue weighted by Gasteiger charge is 2.21. The van der Waals surface area contributed by atoms with Crippen LogP contribution in [-0.2, 0) is 11.3 Å². The SMILES string of the molecule is CCCCOc1ccc(C(=O)NCC(=O)N2CCN(Cc3ccncc3)CC2)cc1.